The molecule has 0 aliphatic heterocycles. The van der Waals surface area contributed by atoms with Crippen molar-refractivity contribution >= 4 is 11.9 Å². The quantitative estimate of drug-likeness (QED) is 0.672. The highest BCUT2D eigenvalue weighted by atomic mass is 16.5. The molecule has 0 aromatic heterocycles. The first kappa shape index (κ1) is 17.8. The van der Waals surface area contributed by atoms with Crippen LogP contribution in [0.1, 0.15) is 32.4 Å². The molecule has 0 saturated heterocycles. The van der Waals surface area contributed by atoms with E-state index >= 15 is 0 Å². The Morgan fingerprint density at radius 2 is 1.82 bits per heavy atom. The highest BCUT2D eigenvalue weighted by Crippen LogP contribution is 2.18. The van der Waals surface area contributed by atoms with Crippen LogP contribution in [0.5, 0.6) is 5.75 Å². The maximum absolute atomic E-state index is 11.8. The van der Waals surface area contributed by atoms with Gasteiger partial charge in [-0.2, -0.15) is 0 Å². The molecule has 0 spiro atoms. The number of ether oxygens (including phenoxy) is 1. The fraction of sp³-hybridized carbons (Fsp3) is 0.500. The standard InChI is InChI=1S/C16H25N3O3/c1-11(2)15(20)17-8-9-18-16(21)19-12(3)13-6-5-7-14(10-13)22-4/h5-7,10-12H,8-9H2,1-4H3,(H,17,20)(H2,18,19,21)/t12-/m1/s1. The van der Waals surface area contributed by atoms with Crippen LogP contribution in [0.25, 0.3) is 0 Å². The minimum Gasteiger partial charge on any atom is -0.497 e. The lowest BCUT2D eigenvalue weighted by Crippen LogP contribution is -2.41. The molecule has 6 nitrogen and oxygen atoms in total. The summed E-state index contributed by atoms with van der Waals surface area (Å²) in [5.74, 6) is 0.678. The summed E-state index contributed by atoms with van der Waals surface area (Å²) in [6, 6.07) is 7.14. The highest BCUT2D eigenvalue weighted by Gasteiger charge is 2.10. The van der Waals surface area contributed by atoms with Crippen molar-refractivity contribution in [3.05, 3.63) is 29.8 Å². The lowest BCUT2D eigenvalue weighted by Gasteiger charge is -2.16. The first-order valence-corrected chi connectivity index (χ1v) is 7.40. The van der Waals surface area contributed by atoms with Crippen molar-refractivity contribution in [2.45, 2.75) is 26.8 Å². The van der Waals surface area contributed by atoms with E-state index in [1.807, 2.05) is 45.0 Å². The van der Waals surface area contributed by atoms with Gasteiger partial charge in [0.05, 0.1) is 13.2 Å². The van der Waals surface area contributed by atoms with Crippen LogP contribution >= 0.6 is 0 Å². The summed E-state index contributed by atoms with van der Waals surface area (Å²) >= 11 is 0. The summed E-state index contributed by atoms with van der Waals surface area (Å²) in [7, 11) is 1.61. The molecule has 0 heterocycles. The summed E-state index contributed by atoms with van der Waals surface area (Å²) in [5.41, 5.74) is 0.961. The second-order valence-electron chi connectivity index (χ2n) is 5.34. The van der Waals surface area contributed by atoms with Gasteiger partial charge in [0.25, 0.3) is 0 Å². The van der Waals surface area contributed by atoms with Crippen molar-refractivity contribution < 1.29 is 14.3 Å². The zero-order valence-corrected chi connectivity index (χ0v) is 13.6. The smallest absolute Gasteiger partial charge is 0.315 e. The third-order valence-electron chi connectivity index (χ3n) is 3.18. The minimum absolute atomic E-state index is 0.0213. The van der Waals surface area contributed by atoms with Gasteiger partial charge in [0.1, 0.15) is 5.75 Å². The van der Waals surface area contributed by atoms with E-state index < -0.39 is 0 Å². The Morgan fingerprint density at radius 1 is 1.14 bits per heavy atom. The monoisotopic (exact) mass is 307 g/mol. The van der Waals surface area contributed by atoms with Crippen molar-refractivity contribution in [2.75, 3.05) is 20.2 Å². The first-order valence-electron chi connectivity index (χ1n) is 7.40. The van der Waals surface area contributed by atoms with E-state index in [9.17, 15) is 9.59 Å². The van der Waals surface area contributed by atoms with E-state index in [1.54, 1.807) is 7.11 Å². The molecule has 6 heteroatoms. The number of rotatable bonds is 7. The summed E-state index contributed by atoms with van der Waals surface area (Å²) in [5, 5.41) is 8.29. The molecule has 1 atom stereocenters. The summed E-state index contributed by atoms with van der Waals surface area (Å²) < 4.78 is 5.16. The van der Waals surface area contributed by atoms with Gasteiger partial charge < -0.3 is 20.7 Å². The number of carbonyl (C=O) groups is 2. The van der Waals surface area contributed by atoms with Crippen LogP contribution in [-0.2, 0) is 4.79 Å². The fourth-order valence-corrected chi connectivity index (χ4v) is 1.81. The lowest BCUT2D eigenvalue weighted by atomic mass is 10.1. The average Bonchev–Trinajstić information content (AvgIpc) is 2.51. The molecule has 1 aromatic carbocycles. The average molecular weight is 307 g/mol. The van der Waals surface area contributed by atoms with E-state index in [2.05, 4.69) is 16.0 Å². The number of carbonyl (C=O) groups excluding carboxylic acids is 2. The van der Waals surface area contributed by atoms with Crippen LogP contribution in [0.2, 0.25) is 0 Å². The molecule has 0 unspecified atom stereocenters. The van der Waals surface area contributed by atoms with Gasteiger partial charge >= 0.3 is 6.03 Å². The molecule has 0 aliphatic carbocycles. The Labute approximate surface area is 131 Å². The Hall–Kier alpha value is -2.24. The van der Waals surface area contributed by atoms with Crippen LogP contribution in [0.3, 0.4) is 0 Å². The number of amides is 3. The molecule has 0 radical (unpaired) electrons. The Kier molecular flexibility index (Phi) is 7.22. The van der Waals surface area contributed by atoms with Crippen LogP contribution < -0.4 is 20.7 Å². The number of urea groups is 1. The third-order valence-corrected chi connectivity index (χ3v) is 3.18. The number of methoxy groups -OCH3 is 1. The zero-order valence-electron chi connectivity index (χ0n) is 13.6. The van der Waals surface area contributed by atoms with E-state index in [-0.39, 0.29) is 23.9 Å². The number of nitrogens with one attached hydrogen (secondary N) is 3. The second kappa shape index (κ2) is 8.92. The molecule has 1 aromatic rings. The maximum atomic E-state index is 11.8. The zero-order chi connectivity index (χ0) is 16.5. The first-order chi connectivity index (χ1) is 10.4. The Balaban J connectivity index is 2.33. The molecule has 3 N–H and O–H groups in total. The maximum Gasteiger partial charge on any atom is 0.315 e. The summed E-state index contributed by atoms with van der Waals surface area (Å²) in [6.45, 7) is 6.35. The number of hydrogen-bond donors (Lipinski definition) is 3. The van der Waals surface area contributed by atoms with Crippen LogP contribution in [0.15, 0.2) is 24.3 Å². The van der Waals surface area contributed by atoms with Crippen molar-refractivity contribution in [3.8, 4) is 5.75 Å². The van der Waals surface area contributed by atoms with Gasteiger partial charge in [0.2, 0.25) is 5.91 Å². The molecule has 0 fully saturated rings. The molecular formula is C16H25N3O3. The Bertz CT molecular complexity index is 503. The van der Waals surface area contributed by atoms with Crippen molar-refractivity contribution in [1.82, 2.24) is 16.0 Å². The predicted molar refractivity (Wildman–Crippen MR) is 85.8 cm³/mol. The fourth-order valence-electron chi connectivity index (χ4n) is 1.81. The largest absolute Gasteiger partial charge is 0.497 e. The van der Waals surface area contributed by atoms with Crippen LogP contribution in [-0.4, -0.2) is 32.1 Å². The molecule has 0 bridgehead atoms. The molecule has 122 valence electrons. The van der Waals surface area contributed by atoms with Crippen molar-refractivity contribution in [2.24, 2.45) is 5.92 Å². The van der Waals surface area contributed by atoms with Gasteiger partial charge in [-0.25, -0.2) is 4.79 Å². The number of hydrogen-bond acceptors (Lipinski definition) is 3. The molecular weight excluding hydrogens is 282 g/mol. The highest BCUT2D eigenvalue weighted by molar-refractivity contribution is 5.78. The number of benzene rings is 1. The van der Waals surface area contributed by atoms with E-state index in [0.29, 0.717) is 13.1 Å². The summed E-state index contributed by atoms with van der Waals surface area (Å²) in [6.07, 6.45) is 0. The van der Waals surface area contributed by atoms with Crippen molar-refractivity contribution in [1.29, 1.82) is 0 Å². The van der Waals surface area contributed by atoms with Gasteiger partial charge in [-0.05, 0) is 24.6 Å². The van der Waals surface area contributed by atoms with E-state index in [1.165, 1.54) is 0 Å². The lowest BCUT2D eigenvalue weighted by molar-refractivity contribution is -0.123. The Morgan fingerprint density at radius 3 is 2.45 bits per heavy atom. The predicted octanol–water partition coefficient (Wildman–Crippen LogP) is 1.83. The van der Waals surface area contributed by atoms with E-state index in [0.717, 1.165) is 11.3 Å². The van der Waals surface area contributed by atoms with Gasteiger partial charge in [0, 0.05) is 19.0 Å². The van der Waals surface area contributed by atoms with Gasteiger partial charge in [-0.15, -0.1) is 0 Å². The van der Waals surface area contributed by atoms with E-state index in [4.69, 9.17) is 4.74 Å². The third kappa shape index (κ3) is 6.03. The molecule has 0 saturated carbocycles. The van der Waals surface area contributed by atoms with Gasteiger partial charge in [-0.3, -0.25) is 4.79 Å². The second-order valence-corrected chi connectivity index (χ2v) is 5.34. The molecule has 1 rings (SSSR count). The van der Waals surface area contributed by atoms with Crippen LogP contribution in [0, 0.1) is 5.92 Å². The summed E-state index contributed by atoms with van der Waals surface area (Å²) in [4.78, 5) is 23.2. The molecule has 0 aliphatic rings. The van der Waals surface area contributed by atoms with Gasteiger partial charge in [-0.1, -0.05) is 26.0 Å². The molecule has 3 amide bonds. The molecule has 22 heavy (non-hydrogen) atoms. The van der Waals surface area contributed by atoms with Crippen LogP contribution in [0.4, 0.5) is 4.79 Å². The van der Waals surface area contributed by atoms with Gasteiger partial charge in [0.15, 0.2) is 0 Å². The normalized spacial score (nSPS) is 11.7. The minimum atomic E-state index is -0.269. The SMILES string of the molecule is COc1cccc([C@@H](C)NC(=O)NCCNC(=O)C(C)C)c1. The van der Waals surface area contributed by atoms with Crippen molar-refractivity contribution in [3.63, 3.8) is 0 Å². The topological polar surface area (TPSA) is 79.5 Å².